The minimum atomic E-state index is -2.66. The van der Waals surface area contributed by atoms with Crippen molar-refractivity contribution < 1.29 is 18.7 Å². The van der Waals surface area contributed by atoms with E-state index in [1.807, 2.05) is 6.92 Å². The standard InChI is InChI=1S/C11H16F2N4O2/c1-2-14-10-6-15-8(5-16-10)11(19)17(3-4-18)7-9(12)13/h5-6,9,18H,2-4,7H2,1H3,(H,14,16). The molecule has 0 radical (unpaired) electrons. The Hall–Kier alpha value is -1.83. The van der Waals surface area contributed by atoms with Gasteiger partial charge in [0.25, 0.3) is 12.3 Å². The molecule has 1 heterocycles. The summed E-state index contributed by atoms with van der Waals surface area (Å²) in [5.41, 5.74) is -0.0317. The highest BCUT2D eigenvalue weighted by molar-refractivity contribution is 5.92. The molecule has 6 nitrogen and oxygen atoms in total. The number of anilines is 1. The highest BCUT2D eigenvalue weighted by Crippen LogP contribution is 2.06. The third-order valence-electron chi connectivity index (χ3n) is 2.24. The van der Waals surface area contributed by atoms with Crippen molar-refractivity contribution in [2.75, 3.05) is 31.6 Å². The van der Waals surface area contributed by atoms with Crippen LogP contribution >= 0.6 is 0 Å². The quantitative estimate of drug-likeness (QED) is 0.761. The van der Waals surface area contributed by atoms with Crippen LogP contribution in [0.25, 0.3) is 0 Å². The summed E-state index contributed by atoms with van der Waals surface area (Å²) in [4.78, 5) is 20.6. The van der Waals surface area contributed by atoms with Gasteiger partial charge in [0.15, 0.2) is 0 Å². The zero-order chi connectivity index (χ0) is 14.3. The summed E-state index contributed by atoms with van der Waals surface area (Å²) >= 11 is 0. The molecule has 0 spiro atoms. The van der Waals surface area contributed by atoms with E-state index >= 15 is 0 Å². The molecule has 0 atom stereocenters. The van der Waals surface area contributed by atoms with E-state index in [1.165, 1.54) is 12.4 Å². The summed E-state index contributed by atoms with van der Waals surface area (Å²) in [6.45, 7) is 1.24. The molecular weight excluding hydrogens is 258 g/mol. The summed E-state index contributed by atoms with van der Waals surface area (Å²) in [6.07, 6.45) is -0.0867. The fraction of sp³-hybridized carbons (Fsp3) is 0.545. The maximum Gasteiger partial charge on any atom is 0.274 e. The second-order valence-electron chi connectivity index (χ2n) is 3.68. The third kappa shape index (κ3) is 4.74. The van der Waals surface area contributed by atoms with Crippen molar-refractivity contribution in [1.82, 2.24) is 14.9 Å². The number of aliphatic hydroxyl groups is 1. The van der Waals surface area contributed by atoms with Gasteiger partial charge in [-0.15, -0.1) is 0 Å². The van der Waals surface area contributed by atoms with Gasteiger partial charge >= 0.3 is 0 Å². The average molecular weight is 274 g/mol. The summed E-state index contributed by atoms with van der Waals surface area (Å²) in [5, 5.41) is 11.7. The monoisotopic (exact) mass is 274 g/mol. The average Bonchev–Trinajstić information content (AvgIpc) is 2.38. The number of nitrogens with one attached hydrogen (secondary N) is 1. The van der Waals surface area contributed by atoms with E-state index in [9.17, 15) is 13.6 Å². The van der Waals surface area contributed by atoms with Crippen molar-refractivity contribution in [3.05, 3.63) is 18.1 Å². The molecule has 8 heteroatoms. The number of hydrogen-bond acceptors (Lipinski definition) is 5. The predicted octanol–water partition coefficient (Wildman–Crippen LogP) is 0.608. The molecule has 19 heavy (non-hydrogen) atoms. The fourth-order valence-corrected chi connectivity index (χ4v) is 1.44. The molecule has 1 amide bonds. The molecule has 106 valence electrons. The maximum atomic E-state index is 12.3. The van der Waals surface area contributed by atoms with E-state index < -0.39 is 18.9 Å². The number of aliphatic hydroxyl groups excluding tert-OH is 1. The maximum absolute atomic E-state index is 12.3. The van der Waals surface area contributed by atoms with Gasteiger partial charge in [-0.2, -0.15) is 0 Å². The SMILES string of the molecule is CCNc1cnc(C(=O)N(CCO)CC(F)F)cn1. The first kappa shape index (κ1) is 15.2. The van der Waals surface area contributed by atoms with Crippen LogP contribution in [0.15, 0.2) is 12.4 Å². The second kappa shape index (κ2) is 7.57. The van der Waals surface area contributed by atoms with Gasteiger partial charge < -0.3 is 15.3 Å². The van der Waals surface area contributed by atoms with Gasteiger partial charge in [-0.3, -0.25) is 4.79 Å². The number of carbonyl (C=O) groups is 1. The molecule has 0 bridgehead atoms. The van der Waals surface area contributed by atoms with E-state index in [0.29, 0.717) is 12.4 Å². The normalized spacial score (nSPS) is 10.6. The van der Waals surface area contributed by atoms with Gasteiger partial charge in [0.2, 0.25) is 0 Å². The number of hydrogen-bond donors (Lipinski definition) is 2. The molecule has 0 aromatic carbocycles. The van der Waals surface area contributed by atoms with Crippen LogP contribution in [0.3, 0.4) is 0 Å². The zero-order valence-electron chi connectivity index (χ0n) is 10.5. The van der Waals surface area contributed by atoms with Crippen LogP contribution in [0.4, 0.5) is 14.6 Å². The Labute approximate surface area is 109 Å². The third-order valence-corrected chi connectivity index (χ3v) is 2.24. The number of halogens is 2. The van der Waals surface area contributed by atoms with Gasteiger partial charge in [-0.1, -0.05) is 0 Å². The van der Waals surface area contributed by atoms with E-state index in [0.717, 1.165) is 4.90 Å². The minimum absolute atomic E-state index is 0.0317. The number of nitrogens with zero attached hydrogens (tertiary/aromatic N) is 3. The van der Waals surface area contributed by atoms with Crippen molar-refractivity contribution in [3.63, 3.8) is 0 Å². The van der Waals surface area contributed by atoms with Crippen LogP contribution < -0.4 is 5.32 Å². The highest BCUT2D eigenvalue weighted by Gasteiger charge is 2.20. The molecule has 1 aromatic heterocycles. The molecule has 0 aliphatic rings. The van der Waals surface area contributed by atoms with Crippen molar-refractivity contribution >= 4 is 11.7 Å². The lowest BCUT2D eigenvalue weighted by molar-refractivity contribution is 0.0504. The predicted molar refractivity (Wildman–Crippen MR) is 65.2 cm³/mol. The number of amides is 1. The van der Waals surface area contributed by atoms with E-state index in [4.69, 9.17) is 5.11 Å². The molecule has 0 saturated heterocycles. The number of rotatable bonds is 7. The van der Waals surface area contributed by atoms with Crippen LogP contribution in [0.5, 0.6) is 0 Å². The molecule has 1 rings (SSSR count). The van der Waals surface area contributed by atoms with Gasteiger partial charge in [-0.25, -0.2) is 18.7 Å². The Morgan fingerprint density at radius 1 is 1.47 bits per heavy atom. The van der Waals surface area contributed by atoms with Gasteiger partial charge in [0.05, 0.1) is 25.5 Å². The second-order valence-corrected chi connectivity index (χ2v) is 3.68. The van der Waals surface area contributed by atoms with Crippen molar-refractivity contribution in [3.8, 4) is 0 Å². The number of alkyl halides is 2. The van der Waals surface area contributed by atoms with Crippen molar-refractivity contribution in [1.29, 1.82) is 0 Å². The van der Waals surface area contributed by atoms with Crippen LogP contribution in [0, 0.1) is 0 Å². The lowest BCUT2D eigenvalue weighted by atomic mass is 10.3. The number of aromatic nitrogens is 2. The van der Waals surface area contributed by atoms with Gasteiger partial charge in [0, 0.05) is 13.1 Å². The molecule has 2 N–H and O–H groups in total. The van der Waals surface area contributed by atoms with Crippen molar-refractivity contribution in [2.45, 2.75) is 13.3 Å². The summed E-state index contributed by atoms with van der Waals surface area (Å²) in [5.74, 6) is -0.175. The number of carbonyl (C=O) groups excluding carboxylic acids is 1. The van der Waals surface area contributed by atoms with E-state index in [1.54, 1.807) is 0 Å². The Kier molecular flexibility index (Phi) is 6.07. The minimum Gasteiger partial charge on any atom is -0.395 e. The largest absolute Gasteiger partial charge is 0.395 e. The molecule has 0 fully saturated rings. The van der Waals surface area contributed by atoms with E-state index in [2.05, 4.69) is 15.3 Å². The van der Waals surface area contributed by atoms with Gasteiger partial charge in [0.1, 0.15) is 11.5 Å². The lowest BCUT2D eigenvalue weighted by Crippen LogP contribution is -2.37. The molecule has 0 saturated carbocycles. The fourth-order valence-electron chi connectivity index (χ4n) is 1.44. The van der Waals surface area contributed by atoms with E-state index in [-0.39, 0.29) is 18.8 Å². The van der Waals surface area contributed by atoms with Gasteiger partial charge in [-0.05, 0) is 6.92 Å². The molecule has 1 aromatic rings. The smallest absolute Gasteiger partial charge is 0.274 e. The zero-order valence-corrected chi connectivity index (χ0v) is 10.5. The van der Waals surface area contributed by atoms with Crippen molar-refractivity contribution in [2.24, 2.45) is 0 Å². The summed E-state index contributed by atoms with van der Waals surface area (Å²) in [6, 6.07) is 0. The Balaban J connectivity index is 2.77. The molecule has 0 unspecified atom stereocenters. The lowest BCUT2D eigenvalue weighted by Gasteiger charge is -2.20. The molecule has 0 aliphatic carbocycles. The Morgan fingerprint density at radius 2 is 2.21 bits per heavy atom. The topological polar surface area (TPSA) is 78.4 Å². The first-order chi connectivity index (χ1) is 9.08. The highest BCUT2D eigenvalue weighted by atomic mass is 19.3. The summed E-state index contributed by atoms with van der Waals surface area (Å²) < 4.78 is 24.7. The first-order valence-corrected chi connectivity index (χ1v) is 5.82. The first-order valence-electron chi connectivity index (χ1n) is 5.82. The summed E-state index contributed by atoms with van der Waals surface area (Å²) in [7, 11) is 0. The molecule has 0 aliphatic heterocycles. The Bertz CT molecular complexity index is 400. The van der Waals surface area contributed by atoms with Crippen LogP contribution in [-0.2, 0) is 0 Å². The molecular formula is C11H16F2N4O2. The Morgan fingerprint density at radius 3 is 2.68 bits per heavy atom. The van der Waals surface area contributed by atoms with Crippen LogP contribution in [-0.4, -0.2) is 58.5 Å². The van der Waals surface area contributed by atoms with Crippen LogP contribution in [0.2, 0.25) is 0 Å². The van der Waals surface area contributed by atoms with Crippen LogP contribution in [0.1, 0.15) is 17.4 Å².